The summed E-state index contributed by atoms with van der Waals surface area (Å²) in [5.74, 6) is 0.213. The SMILES string of the molecule is COCCNC(=O)c1cc(-c2ccco2)nc(N)n1. The number of hydrogen-bond acceptors (Lipinski definition) is 6. The number of nitrogen functional groups attached to an aromatic ring is 1. The van der Waals surface area contributed by atoms with Gasteiger partial charge in [0.1, 0.15) is 11.4 Å². The van der Waals surface area contributed by atoms with Crippen LogP contribution in [0, 0.1) is 0 Å². The molecule has 0 atom stereocenters. The second kappa shape index (κ2) is 5.96. The molecule has 0 aliphatic carbocycles. The van der Waals surface area contributed by atoms with E-state index in [1.165, 1.54) is 12.3 Å². The first-order chi connectivity index (χ1) is 9.20. The Morgan fingerprint density at radius 3 is 3.05 bits per heavy atom. The van der Waals surface area contributed by atoms with Gasteiger partial charge in [0.05, 0.1) is 12.9 Å². The molecule has 2 heterocycles. The molecule has 2 rings (SSSR count). The van der Waals surface area contributed by atoms with Gasteiger partial charge in [0, 0.05) is 13.7 Å². The van der Waals surface area contributed by atoms with Crippen LogP contribution in [-0.4, -0.2) is 36.1 Å². The fraction of sp³-hybridized carbons (Fsp3) is 0.250. The van der Waals surface area contributed by atoms with Crippen LogP contribution >= 0.6 is 0 Å². The molecule has 0 radical (unpaired) electrons. The van der Waals surface area contributed by atoms with E-state index in [9.17, 15) is 4.79 Å². The van der Waals surface area contributed by atoms with Gasteiger partial charge in [-0.3, -0.25) is 4.79 Å². The molecule has 0 aliphatic rings. The fourth-order valence-corrected chi connectivity index (χ4v) is 1.49. The van der Waals surface area contributed by atoms with E-state index in [2.05, 4.69) is 15.3 Å². The van der Waals surface area contributed by atoms with Gasteiger partial charge in [-0.05, 0) is 18.2 Å². The zero-order valence-corrected chi connectivity index (χ0v) is 10.4. The van der Waals surface area contributed by atoms with Gasteiger partial charge in [0.2, 0.25) is 5.95 Å². The summed E-state index contributed by atoms with van der Waals surface area (Å²) in [6, 6.07) is 4.98. The Labute approximate surface area is 109 Å². The van der Waals surface area contributed by atoms with Crippen LogP contribution in [0.5, 0.6) is 0 Å². The summed E-state index contributed by atoms with van der Waals surface area (Å²) in [6.45, 7) is 0.826. The fourth-order valence-electron chi connectivity index (χ4n) is 1.49. The van der Waals surface area contributed by atoms with Gasteiger partial charge < -0.3 is 20.2 Å². The summed E-state index contributed by atoms with van der Waals surface area (Å²) in [4.78, 5) is 19.8. The molecule has 0 saturated carbocycles. The molecule has 0 unspecified atom stereocenters. The molecule has 0 spiro atoms. The molecule has 2 aromatic rings. The van der Waals surface area contributed by atoms with Crippen LogP contribution in [0.3, 0.4) is 0 Å². The number of aromatic nitrogens is 2. The Hall–Kier alpha value is -2.41. The zero-order chi connectivity index (χ0) is 13.7. The molecule has 19 heavy (non-hydrogen) atoms. The van der Waals surface area contributed by atoms with Gasteiger partial charge in [-0.25, -0.2) is 9.97 Å². The Morgan fingerprint density at radius 2 is 2.37 bits per heavy atom. The minimum absolute atomic E-state index is 0.0193. The number of hydrogen-bond donors (Lipinski definition) is 2. The molecule has 7 heteroatoms. The lowest BCUT2D eigenvalue weighted by Gasteiger charge is -2.05. The molecule has 100 valence electrons. The number of furan rings is 1. The molecule has 0 saturated heterocycles. The van der Waals surface area contributed by atoms with Gasteiger partial charge >= 0.3 is 0 Å². The van der Waals surface area contributed by atoms with Gasteiger partial charge in [0.15, 0.2) is 5.76 Å². The van der Waals surface area contributed by atoms with Crippen molar-refractivity contribution >= 4 is 11.9 Å². The van der Waals surface area contributed by atoms with E-state index < -0.39 is 0 Å². The third kappa shape index (κ3) is 3.29. The lowest BCUT2D eigenvalue weighted by molar-refractivity contribution is 0.0932. The van der Waals surface area contributed by atoms with E-state index in [1.54, 1.807) is 19.2 Å². The maximum atomic E-state index is 11.9. The molecule has 2 aromatic heterocycles. The minimum Gasteiger partial charge on any atom is -0.463 e. The van der Waals surface area contributed by atoms with Crippen molar-refractivity contribution in [3.8, 4) is 11.5 Å². The number of rotatable bonds is 5. The first kappa shape index (κ1) is 13.0. The number of methoxy groups -OCH3 is 1. The van der Waals surface area contributed by atoms with Crippen molar-refractivity contribution in [2.24, 2.45) is 0 Å². The maximum Gasteiger partial charge on any atom is 0.270 e. The van der Waals surface area contributed by atoms with Crippen LogP contribution in [0.15, 0.2) is 28.9 Å². The Kier molecular flexibility index (Phi) is 4.09. The van der Waals surface area contributed by atoms with Crippen LogP contribution in [0.1, 0.15) is 10.5 Å². The summed E-state index contributed by atoms with van der Waals surface area (Å²) >= 11 is 0. The van der Waals surface area contributed by atoms with Crippen molar-refractivity contribution in [2.45, 2.75) is 0 Å². The number of ether oxygens (including phenoxy) is 1. The van der Waals surface area contributed by atoms with Crippen LogP contribution in [-0.2, 0) is 4.74 Å². The molecule has 0 bridgehead atoms. The highest BCUT2D eigenvalue weighted by Crippen LogP contribution is 2.18. The van der Waals surface area contributed by atoms with E-state index in [1.807, 2.05) is 0 Å². The molecule has 0 aliphatic heterocycles. The molecular formula is C12H14N4O3. The van der Waals surface area contributed by atoms with Gasteiger partial charge in [-0.15, -0.1) is 0 Å². The third-order valence-corrected chi connectivity index (χ3v) is 2.34. The number of nitrogens with two attached hydrogens (primary N) is 1. The van der Waals surface area contributed by atoms with Crippen molar-refractivity contribution < 1.29 is 13.9 Å². The van der Waals surface area contributed by atoms with Gasteiger partial charge in [-0.1, -0.05) is 0 Å². The summed E-state index contributed by atoms with van der Waals surface area (Å²) in [5.41, 5.74) is 6.25. The van der Waals surface area contributed by atoms with Crippen molar-refractivity contribution in [1.29, 1.82) is 0 Å². The standard InChI is InChI=1S/C12H14N4O3/c1-18-6-4-14-11(17)9-7-8(15-12(13)16-9)10-3-2-5-19-10/h2-3,5,7H,4,6H2,1H3,(H,14,17)(H2,13,15,16). The molecule has 0 aromatic carbocycles. The van der Waals surface area contributed by atoms with Crippen molar-refractivity contribution in [3.05, 3.63) is 30.2 Å². The summed E-state index contributed by atoms with van der Waals surface area (Å²) in [7, 11) is 1.56. The van der Waals surface area contributed by atoms with Crippen LogP contribution in [0.4, 0.5) is 5.95 Å². The Morgan fingerprint density at radius 1 is 1.53 bits per heavy atom. The molecule has 3 N–H and O–H groups in total. The number of carbonyl (C=O) groups excluding carboxylic acids is 1. The minimum atomic E-state index is -0.334. The third-order valence-electron chi connectivity index (χ3n) is 2.34. The van der Waals surface area contributed by atoms with Crippen molar-refractivity contribution in [3.63, 3.8) is 0 Å². The second-order valence-corrected chi connectivity index (χ2v) is 3.72. The number of amides is 1. The number of nitrogens with one attached hydrogen (secondary N) is 1. The largest absolute Gasteiger partial charge is 0.463 e. The molecule has 0 fully saturated rings. The lowest BCUT2D eigenvalue weighted by atomic mass is 10.2. The first-order valence-corrected chi connectivity index (χ1v) is 5.66. The summed E-state index contributed by atoms with van der Waals surface area (Å²) in [6.07, 6.45) is 1.52. The Bertz CT molecular complexity index is 554. The first-order valence-electron chi connectivity index (χ1n) is 5.66. The maximum absolute atomic E-state index is 11.9. The smallest absolute Gasteiger partial charge is 0.270 e. The predicted molar refractivity (Wildman–Crippen MR) is 68.4 cm³/mol. The second-order valence-electron chi connectivity index (χ2n) is 3.72. The highest BCUT2D eigenvalue weighted by atomic mass is 16.5. The van der Waals surface area contributed by atoms with Crippen LogP contribution in [0.25, 0.3) is 11.5 Å². The van der Waals surface area contributed by atoms with Crippen molar-refractivity contribution in [2.75, 3.05) is 26.0 Å². The van der Waals surface area contributed by atoms with Crippen LogP contribution in [0.2, 0.25) is 0 Å². The molecule has 1 amide bonds. The van der Waals surface area contributed by atoms with E-state index in [0.717, 1.165) is 0 Å². The lowest BCUT2D eigenvalue weighted by Crippen LogP contribution is -2.28. The molecule has 7 nitrogen and oxygen atoms in total. The van der Waals surface area contributed by atoms with E-state index >= 15 is 0 Å². The highest BCUT2D eigenvalue weighted by Gasteiger charge is 2.12. The predicted octanol–water partition coefficient (Wildman–Crippen LogP) is 0.695. The topological polar surface area (TPSA) is 103 Å². The summed E-state index contributed by atoms with van der Waals surface area (Å²) < 4.78 is 10.1. The van der Waals surface area contributed by atoms with Crippen LogP contribution < -0.4 is 11.1 Å². The number of carbonyl (C=O) groups is 1. The summed E-state index contributed by atoms with van der Waals surface area (Å²) in [5, 5.41) is 2.66. The molecular weight excluding hydrogens is 248 g/mol. The zero-order valence-electron chi connectivity index (χ0n) is 10.4. The number of anilines is 1. The van der Waals surface area contributed by atoms with Crippen molar-refractivity contribution in [1.82, 2.24) is 15.3 Å². The van der Waals surface area contributed by atoms with E-state index in [0.29, 0.717) is 24.6 Å². The Balaban J connectivity index is 2.19. The average Bonchev–Trinajstić information content (AvgIpc) is 2.92. The van der Waals surface area contributed by atoms with E-state index in [-0.39, 0.29) is 17.5 Å². The van der Waals surface area contributed by atoms with E-state index in [4.69, 9.17) is 14.9 Å². The van der Waals surface area contributed by atoms with Gasteiger partial charge in [0.25, 0.3) is 5.91 Å². The van der Waals surface area contributed by atoms with Gasteiger partial charge in [-0.2, -0.15) is 0 Å². The number of nitrogens with zero attached hydrogens (tertiary/aromatic N) is 2. The quantitative estimate of drug-likeness (QED) is 0.768. The monoisotopic (exact) mass is 262 g/mol. The average molecular weight is 262 g/mol. The normalized spacial score (nSPS) is 10.4. The highest BCUT2D eigenvalue weighted by molar-refractivity contribution is 5.93.